The quantitative estimate of drug-likeness (QED) is 0.738. The molecular weight excluding hydrogens is 182 g/mol. The van der Waals surface area contributed by atoms with Crippen LogP contribution in [0.2, 0.25) is 0 Å². The highest BCUT2D eigenvalue weighted by Gasteiger charge is 2.41. The molecule has 1 aliphatic carbocycles. The van der Waals surface area contributed by atoms with Crippen LogP contribution in [0.15, 0.2) is 12.4 Å². The van der Waals surface area contributed by atoms with E-state index in [4.69, 9.17) is 5.26 Å². The Labute approximate surface area is 82.8 Å². The summed E-state index contributed by atoms with van der Waals surface area (Å²) in [5, 5.41) is 8.74. The van der Waals surface area contributed by atoms with E-state index in [1.165, 1.54) is 12.8 Å². The average Bonchev–Trinajstić information content (AvgIpc) is 2.78. The summed E-state index contributed by atoms with van der Waals surface area (Å²) in [6.07, 6.45) is 5.98. The van der Waals surface area contributed by atoms with Gasteiger partial charge in [-0.25, -0.2) is 4.98 Å². The van der Waals surface area contributed by atoms with Crippen LogP contribution in [0.4, 0.5) is 0 Å². The second-order valence-electron chi connectivity index (χ2n) is 3.65. The second-order valence-corrected chi connectivity index (χ2v) is 3.96. The molecule has 1 heterocycles. The van der Waals surface area contributed by atoms with Crippen molar-refractivity contribution in [1.82, 2.24) is 9.55 Å². The van der Waals surface area contributed by atoms with Crippen LogP contribution in [0.5, 0.6) is 0 Å². The van der Waals surface area contributed by atoms with Gasteiger partial charge in [0.2, 0.25) is 5.82 Å². The number of imidazole rings is 1. The van der Waals surface area contributed by atoms with Crippen molar-refractivity contribution >= 4 is 12.6 Å². The second kappa shape index (κ2) is 3.08. The summed E-state index contributed by atoms with van der Waals surface area (Å²) in [5.41, 5.74) is 0.343. The van der Waals surface area contributed by atoms with Crippen molar-refractivity contribution in [2.24, 2.45) is 5.41 Å². The number of aromatic nitrogens is 2. The molecule has 1 aromatic rings. The minimum atomic E-state index is 0.343. The normalized spacial score (nSPS) is 18.2. The van der Waals surface area contributed by atoms with Gasteiger partial charge < -0.3 is 4.57 Å². The van der Waals surface area contributed by atoms with Crippen molar-refractivity contribution < 1.29 is 0 Å². The first kappa shape index (κ1) is 8.64. The monoisotopic (exact) mass is 193 g/mol. The lowest BCUT2D eigenvalue weighted by atomic mass is 10.1. The average molecular weight is 193 g/mol. The molecule has 0 bridgehead atoms. The predicted molar refractivity (Wildman–Crippen MR) is 52.5 cm³/mol. The van der Waals surface area contributed by atoms with E-state index in [0.717, 1.165) is 12.3 Å². The van der Waals surface area contributed by atoms with Crippen LogP contribution in [0.3, 0.4) is 0 Å². The van der Waals surface area contributed by atoms with E-state index < -0.39 is 0 Å². The molecule has 0 atom stereocenters. The van der Waals surface area contributed by atoms with E-state index in [9.17, 15) is 0 Å². The molecule has 0 aliphatic heterocycles. The van der Waals surface area contributed by atoms with Crippen LogP contribution >= 0.6 is 12.6 Å². The van der Waals surface area contributed by atoms with Crippen LogP contribution in [0.1, 0.15) is 18.7 Å². The Kier molecular flexibility index (Phi) is 2.04. The smallest absolute Gasteiger partial charge is 0.212 e. The molecular formula is C9H11N3S. The number of hydrogen-bond acceptors (Lipinski definition) is 3. The molecule has 1 fully saturated rings. The van der Waals surface area contributed by atoms with Gasteiger partial charge in [-0.1, -0.05) is 0 Å². The van der Waals surface area contributed by atoms with E-state index in [1.807, 2.05) is 10.8 Å². The first-order valence-electron chi connectivity index (χ1n) is 4.32. The number of nitrogens with zero attached hydrogens (tertiary/aromatic N) is 3. The van der Waals surface area contributed by atoms with Crippen LogP contribution in [-0.4, -0.2) is 15.3 Å². The van der Waals surface area contributed by atoms with Crippen molar-refractivity contribution in [1.29, 1.82) is 5.26 Å². The first-order chi connectivity index (χ1) is 6.29. The molecule has 13 heavy (non-hydrogen) atoms. The number of hydrogen-bond donors (Lipinski definition) is 1. The summed E-state index contributed by atoms with van der Waals surface area (Å²) < 4.78 is 1.92. The summed E-state index contributed by atoms with van der Waals surface area (Å²) in [6, 6.07) is 2.08. The lowest BCUT2D eigenvalue weighted by Crippen LogP contribution is -2.13. The SMILES string of the molecule is N#Cc1nccn1CC1(CS)CC1. The Morgan fingerprint density at radius 1 is 1.69 bits per heavy atom. The maximum atomic E-state index is 8.74. The Hall–Kier alpha value is -0.950. The first-order valence-corrected chi connectivity index (χ1v) is 4.95. The van der Waals surface area contributed by atoms with Crippen LogP contribution in [-0.2, 0) is 6.54 Å². The van der Waals surface area contributed by atoms with Crippen molar-refractivity contribution in [3.8, 4) is 6.07 Å². The largest absolute Gasteiger partial charge is 0.322 e. The minimum Gasteiger partial charge on any atom is -0.322 e. The van der Waals surface area contributed by atoms with Gasteiger partial charge in [0.05, 0.1) is 0 Å². The lowest BCUT2D eigenvalue weighted by Gasteiger charge is -2.12. The standard InChI is InChI=1S/C9H11N3S/c10-5-8-11-3-4-12(8)6-9(7-13)1-2-9/h3-4,13H,1-2,6-7H2. The van der Waals surface area contributed by atoms with E-state index >= 15 is 0 Å². The van der Waals surface area contributed by atoms with Crippen molar-refractivity contribution in [2.45, 2.75) is 19.4 Å². The molecule has 0 aromatic carbocycles. The molecule has 1 aliphatic rings. The van der Waals surface area contributed by atoms with Gasteiger partial charge in [-0.05, 0) is 24.0 Å². The number of thiol groups is 1. The molecule has 4 heteroatoms. The molecule has 3 nitrogen and oxygen atoms in total. The summed E-state index contributed by atoms with van der Waals surface area (Å²) in [5.74, 6) is 1.41. The molecule has 0 amide bonds. The van der Waals surface area contributed by atoms with Gasteiger partial charge in [-0.15, -0.1) is 0 Å². The topological polar surface area (TPSA) is 41.6 Å². The van der Waals surface area contributed by atoms with Gasteiger partial charge in [0.15, 0.2) is 0 Å². The highest BCUT2D eigenvalue weighted by atomic mass is 32.1. The van der Waals surface area contributed by atoms with Crippen LogP contribution < -0.4 is 0 Å². The maximum absolute atomic E-state index is 8.74. The zero-order valence-electron chi connectivity index (χ0n) is 7.27. The Morgan fingerprint density at radius 3 is 3.00 bits per heavy atom. The van der Waals surface area contributed by atoms with Crippen molar-refractivity contribution in [3.05, 3.63) is 18.2 Å². The number of nitriles is 1. The molecule has 0 saturated heterocycles. The van der Waals surface area contributed by atoms with E-state index in [1.54, 1.807) is 6.20 Å². The van der Waals surface area contributed by atoms with Crippen LogP contribution in [0, 0.1) is 16.7 Å². The third-order valence-electron chi connectivity index (χ3n) is 2.61. The molecule has 1 saturated carbocycles. The fourth-order valence-electron chi connectivity index (χ4n) is 1.45. The Morgan fingerprint density at radius 2 is 2.46 bits per heavy atom. The number of rotatable bonds is 3. The fourth-order valence-corrected chi connectivity index (χ4v) is 1.87. The molecule has 0 radical (unpaired) electrons. The molecule has 2 rings (SSSR count). The zero-order valence-corrected chi connectivity index (χ0v) is 8.17. The highest BCUT2D eigenvalue weighted by molar-refractivity contribution is 7.80. The Balaban J connectivity index is 2.14. The van der Waals surface area contributed by atoms with Crippen molar-refractivity contribution in [3.63, 3.8) is 0 Å². The van der Waals surface area contributed by atoms with Crippen molar-refractivity contribution in [2.75, 3.05) is 5.75 Å². The summed E-state index contributed by atoms with van der Waals surface area (Å²) in [7, 11) is 0. The zero-order chi connectivity index (χ0) is 9.31. The summed E-state index contributed by atoms with van der Waals surface area (Å²) in [4.78, 5) is 3.96. The third-order valence-corrected chi connectivity index (χ3v) is 3.28. The van der Waals surface area contributed by atoms with E-state index in [0.29, 0.717) is 11.2 Å². The van der Waals surface area contributed by atoms with Gasteiger partial charge in [0, 0.05) is 18.9 Å². The van der Waals surface area contributed by atoms with Crippen LogP contribution in [0.25, 0.3) is 0 Å². The summed E-state index contributed by atoms with van der Waals surface area (Å²) >= 11 is 4.32. The van der Waals surface area contributed by atoms with Gasteiger partial charge in [0.25, 0.3) is 0 Å². The van der Waals surface area contributed by atoms with Gasteiger partial charge in [-0.3, -0.25) is 0 Å². The Bertz CT molecular complexity index is 346. The molecule has 0 unspecified atom stereocenters. The van der Waals surface area contributed by atoms with Gasteiger partial charge in [-0.2, -0.15) is 17.9 Å². The maximum Gasteiger partial charge on any atom is 0.212 e. The van der Waals surface area contributed by atoms with E-state index in [2.05, 4.69) is 23.7 Å². The minimum absolute atomic E-state index is 0.343. The third kappa shape index (κ3) is 1.56. The lowest BCUT2D eigenvalue weighted by molar-refractivity contribution is 0.470. The molecule has 68 valence electrons. The molecule has 0 N–H and O–H groups in total. The highest BCUT2D eigenvalue weighted by Crippen LogP contribution is 2.47. The predicted octanol–water partition coefficient (Wildman–Crippen LogP) is 1.46. The van der Waals surface area contributed by atoms with Gasteiger partial charge >= 0.3 is 0 Å². The van der Waals surface area contributed by atoms with Gasteiger partial charge in [0.1, 0.15) is 6.07 Å². The molecule has 0 spiro atoms. The molecule has 1 aromatic heterocycles. The van der Waals surface area contributed by atoms with E-state index in [-0.39, 0.29) is 0 Å². The summed E-state index contributed by atoms with van der Waals surface area (Å²) in [6.45, 7) is 0.888. The fraction of sp³-hybridized carbons (Fsp3) is 0.556.